The highest BCUT2D eigenvalue weighted by molar-refractivity contribution is 5.85. The third-order valence-electron chi connectivity index (χ3n) is 2.21. The Kier molecular flexibility index (Phi) is 5.23. The highest BCUT2D eigenvalue weighted by Gasteiger charge is 1.91. The largest absolute Gasteiger partial charge is 0.366 e. The number of nitrogens with two attached hydrogens (primary N) is 1. The van der Waals surface area contributed by atoms with Crippen molar-refractivity contribution in [2.24, 2.45) is 5.73 Å². The number of carbonyl (C=O) groups excluding carboxylic acids is 1. The Morgan fingerprint density at radius 3 is 2.67 bits per heavy atom. The second kappa shape index (κ2) is 6.82. The van der Waals surface area contributed by atoms with Gasteiger partial charge in [0.25, 0.3) is 0 Å². The number of amides is 1. The van der Waals surface area contributed by atoms with Crippen LogP contribution < -0.4 is 5.73 Å². The molecule has 0 atom stereocenters. The lowest BCUT2D eigenvalue weighted by atomic mass is 10.1. The summed E-state index contributed by atoms with van der Waals surface area (Å²) in [6.07, 6.45) is 7.54. The molecule has 82 valence electrons. The summed E-state index contributed by atoms with van der Waals surface area (Å²) in [5.41, 5.74) is 6.34. The van der Waals surface area contributed by atoms with Crippen LogP contribution in [0.4, 0.5) is 0 Å². The quantitative estimate of drug-likeness (QED) is 0.563. The molecule has 0 fully saturated rings. The second-order valence-corrected chi connectivity index (χ2v) is 3.54. The summed E-state index contributed by atoms with van der Waals surface area (Å²) in [5, 5.41) is 0. The number of benzene rings is 1. The van der Waals surface area contributed by atoms with Crippen molar-refractivity contribution in [3.8, 4) is 0 Å². The molecular weight excluding hydrogens is 186 g/mol. The van der Waals surface area contributed by atoms with Gasteiger partial charge in [0, 0.05) is 1.43 Å². The molecule has 1 rings (SSSR count). The van der Waals surface area contributed by atoms with Crippen molar-refractivity contribution >= 4 is 5.91 Å². The lowest BCUT2D eigenvalue weighted by Gasteiger charge is -1.98. The molecule has 0 saturated carbocycles. The van der Waals surface area contributed by atoms with E-state index < -0.39 is 0 Å². The molecule has 0 aliphatic rings. The predicted octanol–water partition coefficient (Wildman–Crippen LogP) is 2.69. The number of hydrogen-bond acceptors (Lipinski definition) is 1. The van der Waals surface area contributed by atoms with E-state index in [4.69, 9.17) is 5.73 Å². The number of primary amides is 1. The Hall–Kier alpha value is -1.57. The van der Waals surface area contributed by atoms with Gasteiger partial charge in [-0.3, -0.25) is 4.79 Å². The summed E-state index contributed by atoms with van der Waals surface area (Å²) in [6.45, 7) is 0. The van der Waals surface area contributed by atoms with E-state index in [0.29, 0.717) is 0 Å². The van der Waals surface area contributed by atoms with Gasteiger partial charge in [-0.15, -0.1) is 0 Å². The van der Waals surface area contributed by atoms with Crippen LogP contribution in [-0.2, 0) is 11.2 Å². The lowest BCUT2D eigenvalue weighted by Crippen LogP contribution is -2.05. The summed E-state index contributed by atoms with van der Waals surface area (Å²) >= 11 is 0. The summed E-state index contributed by atoms with van der Waals surface area (Å²) in [4.78, 5) is 10.4. The van der Waals surface area contributed by atoms with Crippen molar-refractivity contribution < 1.29 is 6.22 Å². The van der Waals surface area contributed by atoms with Crippen LogP contribution in [0.25, 0.3) is 0 Å². The predicted molar refractivity (Wildman–Crippen MR) is 64.4 cm³/mol. The van der Waals surface area contributed by atoms with Crippen LogP contribution in [0.1, 0.15) is 26.3 Å². The molecule has 1 aromatic rings. The zero-order valence-corrected chi connectivity index (χ0v) is 8.86. The third-order valence-corrected chi connectivity index (χ3v) is 2.21. The van der Waals surface area contributed by atoms with E-state index in [9.17, 15) is 4.79 Å². The average Bonchev–Trinajstić information content (AvgIpc) is 2.24. The normalized spacial score (nSPS) is 10.7. The molecule has 0 aliphatic carbocycles. The van der Waals surface area contributed by atoms with E-state index in [1.54, 1.807) is 0 Å². The standard InChI is InChI=1S/C13H17NO.H2/c14-13(15)11-7-2-1-4-8-12-9-5-3-6-10-12;/h3,5-7,9-11H,1-2,4,8H2,(H2,14,15);1H/b11-7+;. The fourth-order valence-electron chi connectivity index (χ4n) is 1.44. The van der Waals surface area contributed by atoms with Gasteiger partial charge in [-0.05, 0) is 37.3 Å². The molecule has 0 aromatic heterocycles. The smallest absolute Gasteiger partial charge is 0.241 e. The fraction of sp³-hybridized carbons (Fsp3) is 0.308. The fourth-order valence-corrected chi connectivity index (χ4v) is 1.44. The molecule has 2 N–H and O–H groups in total. The highest BCUT2D eigenvalue weighted by atomic mass is 16.1. The van der Waals surface area contributed by atoms with Crippen molar-refractivity contribution in [3.63, 3.8) is 0 Å². The molecule has 0 heterocycles. The van der Waals surface area contributed by atoms with Gasteiger partial charge in [-0.25, -0.2) is 0 Å². The van der Waals surface area contributed by atoms with Crippen molar-refractivity contribution in [3.05, 3.63) is 48.0 Å². The number of aryl methyl sites for hydroxylation is 1. The van der Waals surface area contributed by atoms with Crippen molar-refractivity contribution in [1.82, 2.24) is 0 Å². The van der Waals surface area contributed by atoms with Crippen LogP contribution in [-0.4, -0.2) is 5.91 Å². The molecule has 2 heteroatoms. The van der Waals surface area contributed by atoms with Gasteiger partial charge in [-0.1, -0.05) is 36.4 Å². The first kappa shape index (κ1) is 11.5. The number of unbranched alkanes of at least 4 members (excludes halogenated alkanes) is 2. The molecule has 2 nitrogen and oxygen atoms in total. The van der Waals surface area contributed by atoms with Gasteiger partial charge >= 0.3 is 0 Å². The maximum Gasteiger partial charge on any atom is 0.241 e. The van der Waals surface area contributed by atoms with E-state index in [2.05, 4.69) is 24.3 Å². The SMILES string of the molecule is NC(=O)/C=C/CCCCc1ccccc1.[HH]. The maximum atomic E-state index is 10.4. The summed E-state index contributed by atoms with van der Waals surface area (Å²) in [6, 6.07) is 10.4. The molecule has 1 aromatic carbocycles. The molecule has 0 bridgehead atoms. The Morgan fingerprint density at radius 2 is 2.00 bits per heavy atom. The average molecular weight is 205 g/mol. The molecular formula is C13H19NO. The highest BCUT2D eigenvalue weighted by Crippen LogP contribution is 2.06. The summed E-state index contributed by atoms with van der Waals surface area (Å²) in [5.74, 6) is -0.363. The van der Waals surface area contributed by atoms with E-state index >= 15 is 0 Å². The first-order valence-electron chi connectivity index (χ1n) is 5.29. The van der Waals surface area contributed by atoms with E-state index in [1.807, 2.05) is 12.1 Å². The van der Waals surface area contributed by atoms with E-state index in [1.165, 1.54) is 11.6 Å². The topological polar surface area (TPSA) is 43.1 Å². The zero-order valence-electron chi connectivity index (χ0n) is 8.86. The van der Waals surface area contributed by atoms with Crippen molar-refractivity contribution in [2.75, 3.05) is 0 Å². The molecule has 0 aliphatic heterocycles. The van der Waals surface area contributed by atoms with E-state index in [-0.39, 0.29) is 7.33 Å². The summed E-state index contributed by atoms with van der Waals surface area (Å²) < 4.78 is 0. The van der Waals surface area contributed by atoms with Crippen molar-refractivity contribution in [2.45, 2.75) is 25.7 Å². The second-order valence-electron chi connectivity index (χ2n) is 3.54. The number of rotatable bonds is 6. The van der Waals surface area contributed by atoms with Crippen molar-refractivity contribution in [1.29, 1.82) is 0 Å². The third kappa shape index (κ3) is 5.68. The minimum atomic E-state index is -0.363. The Labute approximate surface area is 92.3 Å². The lowest BCUT2D eigenvalue weighted by molar-refractivity contribution is -0.113. The zero-order chi connectivity index (χ0) is 10.9. The van der Waals surface area contributed by atoms with Crippen LogP contribution in [0.2, 0.25) is 0 Å². The molecule has 15 heavy (non-hydrogen) atoms. The molecule has 0 radical (unpaired) electrons. The first-order valence-corrected chi connectivity index (χ1v) is 5.29. The number of allylic oxidation sites excluding steroid dienone is 1. The Bertz CT molecular complexity index is 322. The number of carbonyl (C=O) groups is 1. The van der Waals surface area contributed by atoms with Crippen LogP contribution >= 0.6 is 0 Å². The van der Waals surface area contributed by atoms with Gasteiger partial charge in [0.15, 0.2) is 0 Å². The monoisotopic (exact) mass is 205 g/mol. The maximum absolute atomic E-state index is 10.4. The summed E-state index contributed by atoms with van der Waals surface area (Å²) in [7, 11) is 0. The minimum Gasteiger partial charge on any atom is -0.366 e. The van der Waals surface area contributed by atoms with Crippen LogP contribution in [0.3, 0.4) is 0 Å². The molecule has 0 unspecified atom stereocenters. The number of hydrogen-bond donors (Lipinski definition) is 1. The van der Waals surface area contributed by atoms with Gasteiger partial charge in [-0.2, -0.15) is 0 Å². The van der Waals surface area contributed by atoms with Crippen LogP contribution in [0, 0.1) is 0 Å². The minimum absolute atomic E-state index is 0. The van der Waals surface area contributed by atoms with Gasteiger partial charge in [0.05, 0.1) is 0 Å². The Balaban J connectivity index is 0.00000225. The molecule has 1 amide bonds. The van der Waals surface area contributed by atoms with Gasteiger partial charge < -0.3 is 5.73 Å². The first-order chi connectivity index (χ1) is 7.29. The van der Waals surface area contributed by atoms with Gasteiger partial charge in [0.1, 0.15) is 0 Å². The molecule has 0 saturated heterocycles. The van der Waals surface area contributed by atoms with Crippen LogP contribution in [0.15, 0.2) is 42.5 Å². The molecule has 0 spiro atoms. The Morgan fingerprint density at radius 1 is 1.27 bits per heavy atom. The van der Waals surface area contributed by atoms with Crippen LogP contribution in [0.5, 0.6) is 0 Å². The van der Waals surface area contributed by atoms with E-state index in [0.717, 1.165) is 25.7 Å². The van der Waals surface area contributed by atoms with Gasteiger partial charge in [0.2, 0.25) is 5.91 Å².